The SMILES string of the molecule is CC(C)CN(CC(O)C(Cc1ccccc1)NC(=O)OCc1cccnc1)S(=O)(=O)c1ccc([N+](=O)[O-])cc1. The lowest BCUT2D eigenvalue weighted by Crippen LogP contribution is -2.51. The number of hydrogen-bond acceptors (Lipinski definition) is 8. The van der Waals surface area contributed by atoms with E-state index in [2.05, 4.69) is 10.3 Å². The Morgan fingerprint density at radius 1 is 1.05 bits per heavy atom. The zero-order valence-electron chi connectivity index (χ0n) is 21.7. The predicted octanol–water partition coefficient (Wildman–Crippen LogP) is 3.54. The number of non-ortho nitro benzene ring substituents is 1. The first kappa shape index (κ1) is 29.7. The molecule has 0 bridgehead atoms. The van der Waals surface area contributed by atoms with Crippen LogP contribution in [0.4, 0.5) is 10.5 Å². The van der Waals surface area contributed by atoms with E-state index in [9.17, 15) is 28.4 Å². The minimum absolute atomic E-state index is 0.0260. The van der Waals surface area contributed by atoms with Crippen LogP contribution in [0.15, 0.2) is 84.0 Å². The van der Waals surface area contributed by atoms with Gasteiger partial charge in [-0.1, -0.05) is 50.2 Å². The van der Waals surface area contributed by atoms with Crippen LogP contribution in [0, 0.1) is 16.0 Å². The van der Waals surface area contributed by atoms with Crippen LogP contribution >= 0.6 is 0 Å². The van der Waals surface area contributed by atoms with Crippen LogP contribution < -0.4 is 5.32 Å². The maximum Gasteiger partial charge on any atom is 0.407 e. The van der Waals surface area contributed by atoms with E-state index in [1.807, 2.05) is 44.2 Å². The fraction of sp³-hybridized carbons (Fsp3) is 0.333. The molecule has 3 aromatic rings. The minimum Gasteiger partial charge on any atom is -0.445 e. The van der Waals surface area contributed by atoms with Crippen molar-refractivity contribution in [1.82, 2.24) is 14.6 Å². The van der Waals surface area contributed by atoms with Crippen LogP contribution in [-0.4, -0.2) is 59.1 Å². The molecule has 0 aliphatic carbocycles. The van der Waals surface area contributed by atoms with Crippen molar-refractivity contribution in [2.24, 2.45) is 5.92 Å². The highest BCUT2D eigenvalue weighted by molar-refractivity contribution is 7.89. The molecule has 2 aromatic carbocycles. The molecule has 39 heavy (non-hydrogen) atoms. The fourth-order valence-corrected chi connectivity index (χ4v) is 5.50. The second kappa shape index (κ2) is 13.8. The summed E-state index contributed by atoms with van der Waals surface area (Å²) in [7, 11) is -4.11. The van der Waals surface area contributed by atoms with E-state index in [-0.39, 0.29) is 42.6 Å². The molecule has 0 fully saturated rings. The molecule has 0 radical (unpaired) electrons. The van der Waals surface area contributed by atoms with Crippen molar-refractivity contribution in [2.45, 2.75) is 43.9 Å². The molecule has 1 amide bonds. The van der Waals surface area contributed by atoms with Crippen molar-refractivity contribution in [3.63, 3.8) is 0 Å². The Morgan fingerprint density at radius 3 is 2.31 bits per heavy atom. The number of nitrogens with zero attached hydrogens (tertiary/aromatic N) is 3. The Labute approximate surface area is 227 Å². The summed E-state index contributed by atoms with van der Waals surface area (Å²) in [5, 5.41) is 24.9. The number of carbonyl (C=O) groups is 1. The number of nitro groups is 1. The first-order chi connectivity index (χ1) is 18.6. The highest BCUT2D eigenvalue weighted by Crippen LogP contribution is 2.22. The summed E-state index contributed by atoms with van der Waals surface area (Å²) in [6, 6.07) is 16.3. The monoisotopic (exact) mass is 556 g/mol. The number of aliphatic hydroxyl groups excluding tert-OH is 1. The van der Waals surface area contributed by atoms with Gasteiger partial charge in [0.1, 0.15) is 6.61 Å². The molecule has 0 spiro atoms. The smallest absolute Gasteiger partial charge is 0.407 e. The van der Waals surface area contributed by atoms with Gasteiger partial charge in [0.2, 0.25) is 10.0 Å². The van der Waals surface area contributed by atoms with E-state index in [0.717, 1.165) is 22.0 Å². The second-order valence-corrected chi connectivity index (χ2v) is 11.4. The zero-order valence-corrected chi connectivity index (χ0v) is 22.5. The molecule has 2 atom stereocenters. The summed E-state index contributed by atoms with van der Waals surface area (Å²) in [5.41, 5.74) is 1.27. The number of alkyl carbamates (subject to hydrolysis) is 1. The molecule has 3 rings (SSSR count). The highest BCUT2D eigenvalue weighted by Gasteiger charge is 2.32. The molecule has 0 aliphatic rings. The summed E-state index contributed by atoms with van der Waals surface area (Å²) < 4.78 is 33.4. The largest absolute Gasteiger partial charge is 0.445 e. The second-order valence-electron chi connectivity index (χ2n) is 9.41. The van der Waals surface area contributed by atoms with Gasteiger partial charge >= 0.3 is 6.09 Å². The van der Waals surface area contributed by atoms with E-state index in [0.29, 0.717) is 5.56 Å². The molecule has 11 nitrogen and oxygen atoms in total. The summed E-state index contributed by atoms with van der Waals surface area (Å²) in [4.78, 5) is 26.9. The number of ether oxygens (including phenoxy) is 1. The number of amides is 1. The third kappa shape index (κ3) is 8.84. The quantitative estimate of drug-likeness (QED) is 0.240. The number of pyridine rings is 1. The van der Waals surface area contributed by atoms with Gasteiger partial charge in [-0.2, -0.15) is 4.31 Å². The number of carbonyl (C=O) groups excluding carboxylic acids is 1. The number of hydrogen-bond donors (Lipinski definition) is 2. The molecule has 2 N–H and O–H groups in total. The molecule has 208 valence electrons. The topological polar surface area (TPSA) is 152 Å². The number of sulfonamides is 1. The molecular formula is C27H32N4O7S. The standard InChI is InChI=1S/C27H32N4O7S/c1-20(2)17-30(39(36,37)24-12-10-23(11-13-24)31(34)35)18-26(32)25(15-21-7-4-3-5-8-21)29-27(33)38-19-22-9-6-14-28-16-22/h3-14,16,20,25-26,32H,15,17-19H2,1-2H3,(H,29,33). The van der Waals surface area contributed by atoms with Crippen molar-refractivity contribution >= 4 is 21.8 Å². The van der Waals surface area contributed by atoms with Crippen LogP contribution in [0.1, 0.15) is 25.0 Å². The molecule has 0 aliphatic heterocycles. The van der Waals surface area contributed by atoms with Gasteiger partial charge in [0.25, 0.3) is 5.69 Å². The summed E-state index contributed by atoms with van der Waals surface area (Å²) >= 11 is 0. The van der Waals surface area contributed by atoms with E-state index in [1.165, 1.54) is 12.1 Å². The van der Waals surface area contributed by atoms with E-state index >= 15 is 0 Å². The third-order valence-corrected chi connectivity index (χ3v) is 7.65. The van der Waals surface area contributed by atoms with Crippen LogP contribution in [-0.2, 0) is 27.8 Å². The number of nitro benzene ring substituents is 1. The Bertz CT molecular complexity index is 1320. The van der Waals surface area contributed by atoms with E-state index in [4.69, 9.17) is 4.74 Å². The Morgan fingerprint density at radius 2 is 1.72 bits per heavy atom. The maximum absolute atomic E-state index is 13.5. The summed E-state index contributed by atoms with van der Waals surface area (Å²) in [6.07, 6.45) is 1.31. The maximum atomic E-state index is 13.5. The third-order valence-electron chi connectivity index (χ3n) is 5.80. The van der Waals surface area contributed by atoms with Crippen LogP contribution in [0.25, 0.3) is 0 Å². The number of rotatable bonds is 13. The van der Waals surface area contributed by atoms with Gasteiger partial charge in [0, 0.05) is 43.2 Å². The summed E-state index contributed by atoms with van der Waals surface area (Å²) in [6.45, 7) is 3.40. The Hall–Kier alpha value is -3.87. The fourth-order valence-electron chi connectivity index (χ4n) is 3.88. The number of aromatic nitrogens is 1. The molecule has 1 aromatic heterocycles. The van der Waals surface area contributed by atoms with Crippen LogP contribution in [0.2, 0.25) is 0 Å². The lowest BCUT2D eigenvalue weighted by atomic mass is 10.0. The van der Waals surface area contributed by atoms with Gasteiger partial charge in [-0.05, 0) is 36.1 Å². The lowest BCUT2D eigenvalue weighted by molar-refractivity contribution is -0.384. The molecule has 0 saturated carbocycles. The normalized spacial score (nSPS) is 13.2. The van der Waals surface area contributed by atoms with Gasteiger partial charge in [-0.3, -0.25) is 15.1 Å². The van der Waals surface area contributed by atoms with Crippen LogP contribution in [0.3, 0.4) is 0 Å². The van der Waals surface area contributed by atoms with E-state index in [1.54, 1.807) is 24.5 Å². The van der Waals surface area contributed by atoms with Crippen molar-refractivity contribution < 1.29 is 28.0 Å². The van der Waals surface area contributed by atoms with Crippen molar-refractivity contribution in [2.75, 3.05) is 13.1 Å². The number of benzene rings is 2. The van der Waals surface area contributed by atoms with Gasteiger partial charge in [0.15, 0.2) is 0 Å². The molecule has 2 unspecified atom stereocenters. The van der Waals surface area contributed by atoms with Gasteiger partial charge < -0.3 is 15.2 Å². The minimum atomic E-state index is -4.11. The first-order valence-corrected chi connectivity index (χ1v) is 13.8. The average Bonchev–Trinajstić information content (AvgIpc) is 2.92. The zero-order chi connectivity index (χ0) is 28.4. The van der Waals surface area contributed by atoms with E-state index < -0.39 is 33.2 Å². The molecule has 1 heterocycles. The summed E-state index contributed by atoms with van der Waals surface area (Å²) in [5.74, 6) is -0.0880. The molecule has 0 saturated heterocycles. The van der Waals surface area contributed by atoms with Gasteiger partial charge in [-0.25, -0.2) is 13.2 Å². The lowest BCUT2D eigenvalue weighted by Gasteiger charge is -2.30. The highest BCUT2D eigenvalue weighted by atomic mass is 32.2. The first-order valence-electron chi connectivity index (χ1n) is 12.3. The van der Waals surface area contributed by atoms with Crippen molar-refractivity contribution in [1.29, 1.82) is 0 Å². The average molecular weight is 557 g/mol. The molecule has 12 heteroatoms. The van der Waals surface area contributed by atoms with Crippen molar-refractivity contribution in [3.8, 4) is 0 Å². The van der Waals surface area contributed by atoms with Crippen LogP contribution in [0.5, 0.6) is 0 Å². The predicted molar refractivity (Wildman–Crippen MR) is 144 cm³/mol. The van der Waals surface area contributed by atoms with Gasteiger partial charge in [0.05, 0.1) is 22.0 Å². The van der Waals surface area contributed by atoms with Crippen molar-refractivity contribution in [3.05, 3.63) is 100 Å². The Balaban J connectivity index is 1.80. The van der Waals surface area contributed by atoms with Gasteiger partial charge in [-0.15, -0.1) is 0 Å². The number of aliphatic hydroxyl groups is 1. The number of nitrogens with one attached hydrogen (secondary N) is 1. The Kier molecular flexibility index (Phi) is 10.5. The molecular weight excluding hydrogens is 524 g/mol.